The minimum absolute atomic E-state index is 0.0295. The number of anilines is 2. The van der Waals surface area contributed by atoms with E-state index in [4.69, 9.17) is 9.72 Å². The number of hydrogen-bond acceptors (Lipinski definition) is 9. The van der Waals surface area contributed by atoms with Crippen molar-refractivity contribution >= 4 is 38.5 Å². The fraction of sp³-hybridized carbons (Fsp3) is 0.400. The lowest BCUT2D eigenvalue weighted by atomic mass is 9.91. The second kappa shape index (κ2) is 12.8. The van der Waals surface area contributed by atoms with Gasteiger partial charge in [0, 0.05) is 31.2 Å². The van der Waals surface area contributed by atoms with Gasteiger partial charge in [-0.3, -0.25) is 9.36 Å². The highest BCUT2D eigenvalue weighted by Crippen LogP contribution is 2.30. The maximum Gasteiger partial charge on any atom is 0.296 e. The van der Waals surface area contributed by atoms with E-state index in [1.165, 1.54) is 16.7 Å². The van der Waals surface area contributed by atoms with Gasteiger partial charge in [-0.05, 0) is 49.9 Å². The number of nitrogens with zero attached hydrogens (tertiary/aromatic N) is 5. The number of morpholine rings is 1. The summed E-state index contributed by atoms with van der Waals surface area (Å²) in [5, 5.41) is 6.25. The van der Waals surface area contributed by atoms with Crippen LogP contribution >= 0.6 is 0 Å². The Bertz CT molecular complexity index is 1720. The normalized spacial score (nSPS) is 19.3. The molecule has 0 bridgehead atoms. The van der Waals surface area contributed by atoms with Crippen molar-refractivity contribution < 1.29 is 26.7 Å². The van der Waals surface area contributed by atoms with Crippen molar-refractivity contribution in [1.82, 2.24) is 24.8 Å². The minimum Gasteiger partial charge on any atom is -0.378 e. The molecule has 0 unspecified atom stereocenters. The van der Waals surface area contributed by atoms with Crippen molar-refractivity contribution in [1.29, 1.82) is 0 Å². The fourth-order valence-corrected chi connectivity index (χ4v) is 6.87. The van der Waals surface area contributed by atoms with Gasteiger partial charge in [0.15, 0.2) is 15.7 Å². The summed E-state index contributed by atoms with van der Waals surface area (Å²) in [5.74, 6) is -0.339. The molecule has 2 aromatic carbocycles. The van der Waals surface area contributed by atoms with Crippen LogP contribution in [0.1, 0.15) is 37.9 Å². The van der Waals surface area contributed by atoms with Crippen LogP contribution in [0.2, 0.25) is 0 Å². The van der Waals surface area contributed by atoms with Crippen LogP contribution in [-0.2, 0) is 19.4 Å². The molecule has 2 N–H and O–H groups in total. The molecule has 2 aliphatic rings. The van der Waals surface area contributed by atoms with Gasteiger partial charge in [-0.1, -0.05) is 30.3 Å². The van der Waals surface area contributed by atoms with E-state index in [9.17, 15) is 22.0 Å². The summed E-state index contributed by atoms with van der Waals surface area (Å²) in [7, 11) is -3.73. The number of rotatable bonds is 9. The number of alkyl halides is 2. The summed E-state index contributed by atoms with van der Waals surface area (Å²) < 4.78 is 60.3. The van der Waals surface area contributed by atoms with Crippen molar-refractivity contribution in [2.24, 2.45) is 0 Å². The van der Waals surface area contributed by atoms with Crippen molar-refractivity contribution in [3.63, 3.8) is 0 Å². The number of benzene rings is 2. The number of hydrogen-bond donors (Lipinski definition) is 2. The molecule has 11 nitrogen and oxygen atoms in total. The zero-order valence-electron chi connectivity index (χ0n) is 23.9. The first-order chi connectivity index (χ1) is 21.3. The number of halogens is 2. The summed E-state index contributed by atoms with van der Waals surface area (Å²) in [5.41, 5.74) is 0.965. The molecule has 1 aliphatic heterocycles. The third kappa shape index (κ3) is 6.65. The maximum atomic E-state index is 14.2. The van der Waals surface area contributed by atoms with Gasteiger partial charge in [-0.15, -0.1) is 0 Å². The molecule has 3 heterocycles. The number of fused-ring (bicyclic) bond motifs is 1. The van der Waals surface area contributed by atoms with E-state index in [1.54, 1.807) is 48.5 Å². The lowest BCUT2D eigenvalue weighted by Gasteiger charge is -2.31. The molecular formula is C30H33F2N7O4S. The van der Waals surface area contributed by atoms with Crippen LogP contribution < -0.4 is 15.5 Å². The molecule has 0 spiro atoms. The highest BCUT2D eigenvalue weighted by molar-refractivity contribution is 7.92. The van der Waals surface area contributed by atoms with Crippen molar-refractivity contribution in [2.75, 3.05) is 42.3 Å². The highest BCUT2D eigenvalue weighted by Gasteiger charge is 2.27. The third-order valence-corrected chi connectivity index (χ3v) is 9.53. The molecule has 1 saturated carbocycles. The Morgan fingerprint density at radius 2 is 1.57 bits per heavy atom. The number of sulfone groups is 1. The van der Waals surface area contributed by atoms with Crippen LogP contribution in [-0.4, -0.2) is 78.0 Å². The summed E-state index contributed by atoms with van der Waals surface area (Å²) in [4.78, 5) is 28.3. The number of nitrogens with one attached hydrogen (secondary N) is 2. The largest absolute Gasteiger partial charge is 0.378 e. The van der Waals surface area contributed by atoms with E-state index in [1.807, 2.05) is 4.90 Å². The van der Waals surface area contributed by atoms with Gasteiger partial charge in [-0.25, -0.2) is 22.2 Å². The van der Waals surface area contributed by atoms with Gasteiger partial charge in [0.1, 0.15) is 17.4 Å². The Morgan fingerprint density at radius 1 is 0.909 bits per heavy atom. The Morgan fingerprint density at radius 3 is 2.30 bits per heavy atom. The van der Waals surface area contributed by atoms with Crippen molar-refractivity contribution in [3.05, 3.63) is 66.5 Å². The molecule has 44 heavy (non-hydrogen) atoms. The average molecular weight is 626 g/mol. The number of para-hydroxylation sites is 2. The monoisotopic (exact) mass is 625 g/mol. The maximum absolute atomic E-state index is 14.2. The highest BCUT2D eigenvalue weighted by atomic mass is 32.2. The Hall–Kier alpha value is -4.17. The molecule has 1 aliphatic carbocycles. The van der Waals surface area contributed by atoms with Crippen LogP contribution in [0.4, 0.5) is 20.5 Å². The lowest BCUT2D eigenvalue weighted by Crippen LogP contribution is -2.42. The van der Waals surface area contributed by atoms with E-state index in [0.29, 0.717) is 74.8 Å². The number of amides is 1. The summed E-state index contributed by atoms with van der Waals surface area (Å²) in [6.45, 7) is 2.27. The number of carbonyl (C=O) groups is 1. The van der Waals surface area contributed by atoms with Gasteiger partial charge < -0.3 is 20.3 Å². The first kappa shape index (κ1) is 29.9. The zero-order chi connectivity index (χ0) is 30.7. The first-order valence-corrected chi connectivity index (χ1v) is 16.2. The van der Waals surface area contributed by atoms with Crippen LogP contribution in [0, 0.1) is 0 Å². The van der Waals surface area contributed by atoms with E-state index >= 15 is 0 Å². The first-order valence-electron chi connectivity index (χ1n) is 14.6. The predicted octanol–water partition coefficient (Wildman–Crippen LogP) is 3.90. The molecule has 2 fully saturated rings. The van der Waals surface area contributed by atoms with Gasteiger partial charge in [0.05, 0.1) is 29.1 Å². The summed E-state index contributed by atoms with van der Waals surface area (Å²) in [6.07, 6.45) is -0.201. The van der Waals surface area contributed by atoms with E-state index in [-0.39, 0.29) is 22.8 Å². The minimum atomic E-state index is -3.73. The van der Waals surface area contributed by atoms with Crippen LogP contribution in [0.5, 0.6) is 0 Å². The molecule has 1 saturated heterocycles. The third-order valence-electron chi connectivity index (χ3n) is 7.89. The lowest BCUT2D eigenvalue weighted by molar-refractivity contribution is -0.119. The number of carbonyl (C=O) groups excluding carboxylic acids is 1. The molecule has 1 amide bonds. The second-order valence-electron chi connectivity index (χ2n) is 10.9. The van der Waals surface area contributed by atoms with E-state index in [2.05, 4.69) is 20.6 Å². The molecule has 2 aromatic heterocycles. The van der Waals surface area contributed by atoms with Crippen LogP contribution in [0.15, 0.2) is 65.6 Å². The Labute approximate surface area is 253 Å². The SMILES string of the molecule is O=C(CS(=O)(=O)c1ccccc1)NC1CCC(Nc2nc(N3CCOCC3)cc(-n3c(C(F)F)nc4ccccc43)n2)CC1. The fourth-order valence-electron chi connectivity index (χ4n) is 5.71. The molecule has 4 aromatic rings. The van der Waals surface area contributed by atoms with E-state index in [0.717, 1.165) is 0 Å². The second-order valence-corrected chi connectivity index (χ2v) is 12.9. The van der Waals surface area contributed by atoms with Crippen molar-refractivity contribution in [2.45, 2.75) is 49.1 Å². The standard InChI is InChI=1S/C30H33F2N7O4S/c31-28(32)29-35-23-8-4-5-9-24(23)39(29)26-18-25(38-14-16-43-17-15-38)36-30(37-26)34-21-12-10-20(11-13-21)33-27(40)19-44(41,42)22-6-2-1-3-7-22/h1-9,18,20-21,28H,10-17,19H2,(H,33,40)(H,34,36,37). The number of imidazole rings is 1. The van der Waals surface area contributed by atoms with Gasteiger partial charge >= 0.3 is 0 Å². The Balaban J connectivity index is 1.17. The molecule has 0 atom stereocenters. The molecule has 232 valence electrons. The quantitative estimate of drug-likeness (QED) is 0.284. The van der Waals surface area contributed by atoms with Gasteiger partial charge in [0.25, 0.3) is 6.43 Å². The number of aromatic nitrogens is 4. The summed E-state index contributed by atoms with van der Waals surface area (Å²) in [6, 6.07) is 16.4. The molecule has 0 radical (unpaired) electrons. The van der Waals surface area contributed by atoms with E-state index < -0.39 is 33.7 Å². The van der Waals surface area contributed by atoms with Crippen LogP contribution in [0.25, 0.3) is 16.9 Å². The van der Waals surface area contributed by atoms with Crippen LogP contribution in [0.3, 0.4) is 0 Å². The van der Waals surface area contributed by atoms with Gasteiger partial charge in [-0.2, -0.15) is 9.97 Å². The molecule has 14 heteroatoms. The molecular weight excluding hydrogens is 592 g/mol. The predicted molar refractivity (Wildman–Crippen MR) is 161 cm³/mol. The van der Waals surface area contributed by atoms with Gasteiger partial charge in [0.2, 0.25) is 11.9 Å². The summed E-state index contributed by atoms with van der Waals surface area (Å²) >= 11 is 0. The molecule has 6 rings (SSSR count). The van der Waals surface area contributed by atoms with Crippen molar-refractivity contribution in [3.8, 4) is 5.82 Å². The number of ether oxygens (including phenoxy) is 1. The zero-order valence-corrected chi connectivity index (χ0v) is 24.7. The average Bonchev–Trinajstić information content (AvgIpc) is 3.43. The topological polar surface area (TPSA) is 131 Å². The smallest absolute Gasteiger partial charge is 0.296 e. The Kier molecular flexibility index (Phi) is 8.71.